The molecule has 1 amide bonds. The van der Waals surface area contributed by atoms with Crippen LogP contribution >= 0.6 is 0 Å². The number of rotatable bonds is 2. The van der Waals surface area contributed by atoms with Gasteiger partial charge in [-0.15, -0.1) is 0 Å². The van der Waals surface area contributed by atoms with Crippen molar-refractivity contribution in [2.24, 2.45) is 5.11 Å². The van der Waals surface area contributed by atoms with Crippen LogP contribution in [0.15, 0.2) is 17.2 Å². The number of pyridine rings is 1. The second kappa shape index (κ2) is 4.20. The van der Waals surface area contributed by atoms with Gasteiger partial charge in [0, 0.05) is 17.9 Å². The van der Waals surface area contributed by atoms with Gasteiger partial charge in [-0.3, -0.25) is 9.69 Å². The normalized spacial score (nSPS) is 15.1. The topological polar surface area (TPSA) is 82.0 Å². The van der Waals surface area contributed by atoms with Crippen LogP contribution in [0.2, 0.25) is 0 Å². The molecule has 0 saturated carbocycles. The van der Waals surface area contributed by atoms with Crippen molar-refractivity contribution in [3.63, 3.8) is 0 Å². The fourth-order valence-electron chi connectivity index (χ4n) is 1.75. The zero-order chi connectivity index (χ0) is 11.5. The number of hydrogen-bond donors (Lipinski definition) is 0. The van der Waals surface area contributed by atoms with Crippen LogP contribution in [0, 0.1) is 6.92 Å². The molecule has 0 N–H and O–H groups in total. The Hall–Kier alpha value is -2.07. The Labute approximate surface area is 92.5 Å². The van der Waals surface area contributed by atoms with E-state index in [1.165, 1.54) is 0 Å². The summed E-state index contributed by atoms with van der Waals surface area (Å²) < 4.78 is 0. The molecule has 0 radical (unpaired) electrons. The zero-order valence-electron chi connectivity index (χ0n) is 8.92. The number of carbonyl (C=O) groups excluding carboxylic acids is 1. The Kier molecular flexibility index (Phi) is 2.74. The highest BCUT2D eigenvalue weighted by molar-refractivity contribution is 5.95. The number of hydrogen-bond acceptors (Lipinski definition) is 3. The first kappa shape index (κ1) is 10.4. The van der Waals surface area contributed by atoms with Crippen molar-refractivity contribution in [3.8, 4) is 0 Å². The average Bonchev–Trinajstić information content (AvgIpc) is 2.68. The van der Waals surface area contributed by atoms with Gasteiger partial charge < -0.3 is 0 Å². The van der Waals surface area contributed by atoms with Crippen LogP contribution in [0.25, 0.3) is 10.4 Å². The molecular formula is C10H11N5O. The van der Waals surface area contributed by atoms with Crippen molar-refractivity contribution in [2.45, 2.75) is 19.8 Å². The summed E-state index contributed by atoms with van der Waals surface area (Å²) >= 11 is 0. The van der Waals surface area contributed by atoms with Crippen LogP contribution in [-0.2, 0) is 4.79 Å². The number of aryl methyl sites for hydroxylation is 1. The van der Waals surface area contributed by atoms with Crippen molar-refractivity contribution in [1.82, 2.24) is 4.98 Å². The standard InChI is InChI=1S/C10H11N5O/c1-7-4-5-8(13-14-11)12-10(7)15-6-2-3-9(15)16/h4-5H,2-3,6H2,1H3. The van der Waals surface area contributed by atoms with Crippen molar-refractivity contribution >= 4 is 17.5 Å². The highest BCUT2D eigenvalue weighted by Crippen LogP contribution is 2.25. The Balaban J connectivity index is 2.42. The number of nitrogens with zero attached hydrogens (tertiary/aromatic N) is 5. The lowest BCUT2D eigenvalue weighted by Crippen LogP contribution is -2.25. The lowest BCUT2D eigenvalue weighted by atomic mass is 10.2. The fraction of sp³-hybridized carbons (Fsp3) is 0.400. The summed E-state index contributed by atoms with van der Waals surface area (Å²) in [7, 11) is 0. The molecule has 2 heterocycles. The van der Waals surface area contributed by atoms with Gasteiger partial charge in [0.1, 0.15) is 11.6 Å². The molecule has 0 bridgehead atoms. The van der Waals surface area contributed by atoms with E-state index in [0.29, 0.717) is 24.6 Å². The van der Waals surface area contributed by atoms with Gasteiger partial charge in [0.25, 0.3) is 0 Å². The minimum Gasteiger partial charge on any atom is -0.297 e. The van der Waals surface area contributed by atoms with Gasteiger partial charge in [-0.25, -0.2) is 4.98 Å². The first-order valence-corrected chi connectivity index (χ1v) is 5.05. The van der Waals surface area contributed by atoms with E-state index in [2.05, 4.69) is 15.0 Å². The molecule has 16 heavy (non-hydrogen) atoms. The zero-order valence-corrected chi connectivity index (χ0v) is 8.92. The van der Waals surface area contributed by atoms with E-state index in [1.807, 2.05) is 6.92 Å². The molecule has 6 nitrogen and oxygen atoms in total. The molecule has 1 aliphatic heterocycles. The maximum Gasteiger partial charge on any atom is 0.228 e. The van der Waals surface area contributed by atoms with E-state index in [-0.39, 0.29) is 5.91 Å². The molecule has 1 aromatic rings. The van der Waals surface area contributed by atoms with E-state index >= 15 is 0 Å². The Bertz CT molecular complexity index is 478. The molecular weight excluding hydrogens is 206 g/mol. The Morgan fingerprint density at radius 3 is 3.00 bits per heavy atom. The highest BCUT2D eigenvalue weighted by atomic mass is 16.2. The van der Waals surface area contributed by atoms with Gasteiger partial charge in [-0.1, -0.05) is 6.07 Å². The van der Waals surface area contributed by atoms with E-state index in [9.17, 15) is 4.79 Å². The van der Waals surface area contributed by atoms with Gasteiger partial charge in [-0.2, -0.15) is 0 Å². The summed E-state index contributed by atoms with van der Waals surface area (Å²) in [5.74, 6) is 0.976. The summed E-state index contributed by atoms with van der Waals surface area (Å²) in [5.41, 5.74) is 9.24. The molecule has 1 aromatic heterocycles. The molecule has 0 atom stereocenters. The maximum atomic E-state index is 11.6. The third-order valence-corrected chi connectivity index (χ3v) is 2.53. The molecule has 0 unspecified atom stereocenters. The summed E-state index contributed by atoms with van der Waals surface area (Å²) in [6.45, 7) is 2.57. The van der Waals surface area contributed by atoms with Gasteiger partial charge >= 0.3 is 0 Å². The quantitative estimate of drug-likeness (QED) is 0.433. The van der Waals surface area contributed by atoms with Gasteiger partial charge in [0.15, 0.2) is 0 Å². The Morgan fingerprint density at radius 1 is 1.56 bits per heavy atom. The van der Waals surface area contributed by atoms with Crippen LogP contribution in [0.3, 0.4) is 0 Å². The first-order valence-electron chi connectivity index (χ1n) is 5.05. The van der Waals surface area contributed by atoms with E-state index in [4.69, 9.17) is 5.53 Å². The molecule has 6 heteroatoms. The summed E-state index contributed by atoms with van der Waals surface area (Å²) in [6, 6.07) is 3.44. The molecule has 2 rings (SSSR count). The molecule has 0 aliphatic carbocycles. The minimum absolute atomic E-state index is 0.0775. The Morgan fingerprint density at radius 2 is 2.38 bits per heavy atom. The number of azide groups is 1. The maximum absolute atomic E-state index is 11.6. The van der Waals surface area contributed by atoms with Crippen LogP contribution < -0.4 is 4.90 Å². The lowest BCUT2D eigenvalue weighted by molar-refractivity contribution is -0.117. The molecule has 1 fully saturated rings. The second-order valence-electron chi connectivity index (χ2n) is 3.65. The summed E-state index contributed by atoms with van der Waals surface area (Å²) in [6.07, 6.45) is 1.42. The van der Waals surface area contributed by atoms with E-state index in [0.717, 1.165) is 12.0 Å². The fourth-order valence-corrected chi connectivity index (χ4v) is 1.75. The van der Waals surface area contributed by atoms with Crippen molar-refractivity contribution in [1.29, 1.82) is 0 Å². The number of amides is 1. The summed E-state index contributed by atoms with van der Waals surface area (Å²) in [5, 5.41) is 3.44. The predicted molar refractivity (Wildman–Crippen MR) is 59.4 cm³/mol. The molecule has 1 saturated heterocycles. The van der Waals surface area contributed by atoms with Crippen LogP contribution in [0.5, 0.6) is 0 Å². The molecule has 82 valence electrons. The van der Waals surface area contributed by atoms with Gasteiger partial charge in [0.2, 0.25) is 5.91 Å². The SMILES string of the molecule is Cc1ccc(N=[N+]=[N-])nc1N1CCCC1=O. The molecule has 1 aliphatic rings. The monoisotopic (exact) mass is 217 g/mol. The van der Waals surface area contributed by atoms with Crippen molar-refractivity contribution in [2.75, 3.05) is 11.4 Å². The van der Waals surface area contributed by atoms with Gasteiger partial charge in [-0.05, 0) is 35.6 Å². The predicted octanol–water partition coefficient (Wildman–Crippen LogP) is 2.46. The number of aromatic nitrogens is 1. The van der Waals surface area contributed by atoms with E-state index in [1.54, 1.807) is 17.0 Å². The molecule has 0 spiro atoms. The lowest BCUT2D eigenvalue weighted by Gasteiger charge is -2.16. The van der Waals surface area contributed by atoms with Crippen molar-refractivity contribution < 1.29 is 4.79 Å². The van der Waals surface area contributed by atoms with Crippen LogP contribution in [-0.4, -0.2) is 17.4 Å². The summed E-state index contributed by atoms with van der Waals surface area (Å²) in [4.78, 5) is 20.1. The minimum atomic E-state index is 0.0775. The third kappa shape index (κ3) is 1.83. The van der Waals surface area contributed by atoms with Crippen LogP contribution in [0.1, 0.15) is 18.4 Å². The van der Waals surface area contributed by atoms with Crippen LogP contribution in [0.4, 0.5) is 11.6 Å². The van der Waals surface area contributed by atoms with Gasteiger partial charge in [0.05, 0.1) is 0 Å². The number of carbonyl (C=O) groups is 1. The largest absolute Gasteiger partial charge is 0.297 e. The van der Waals surface area contributed by atoms with E-state index < -0.39 is 0 Å². The average molecular weight is 217 g/mol. The van der Waals surface area contributed by atoms with Crippen molar-refractivity contribution in [3.05, 3.63) is 28.1 Å². The second-order valence-corrected chi connectivity index (χ2v) is 3.65. The third-order valence-electron chi connectivity index (χ3n) is 2.53. The highest BCUT2D eigenvalue weighted by Gasteiger charge is 2.24. The molecule has 0 aromatic carbocycles. The smallest absolute Gasteiger partial charge is 0.228 e. The first-order chi connectivity index (χ1) is 7.72. The number of anilines is 1.